The van der Waals surface area contributed by atoms with Crippen molar-refractivity contribution in [3.8, 4) is 0 Å². The zero-order valence-corrected chi connectivity index (χ0v) is 10.4. The van der Waals surface area contributed by atoms with E-state index in [1.54, 1.807) is 12.1 Å². The van der Waals surface area contributed by atoms with Gasteiger partial charge < -0.3 is 0 Å². The fourth-order valence-electron chi connectivity index (χ4n) is 1.67. The first-order valence-corrected chi connectivity index (χ1v) is 5.97. The zero-order chi connectivity index (χ0) is 13.3. The molecule has 0 spiro atoms. The standard InChI is InChI=1S/C17H13NO/c19-14-18-17-13-7-6-12-16(17)11-5-4-10-15-8-2-1-3-9-15/h1-13H. The maximum atomic E-state index is 10.3. The predicted octanol–water partition coefficient (Wildman–Crippen LogP) is 4.38. The molecule has 0 atom stereocenters. The molecule has 0 saturated heterocycles. The Morgan fingerprint density at radius 1 is 0.842 bits per heavy atom. The van der Waals surface area contributed by atoms with Crippen LogP contribution in [0, 0.1) is 0 Å². The highest BCUT2D eigenvalue weighted by Gasteiger charge is 1.94. The first kappa shape index (κ1) is 12.7. The van der Waals surface area contributed by atoms with Gasteiger partial charge in [0.25, 0.3) is 0 Å². The van der Waals surface area contributed by atoms with Gasteiger partial charge in [-0.25, -0.2) is 4.79 Å². The Morgan fingerprint density at radius 2 is 1.53 bits per heavy atom. The van der Waals surface area contributed by atoms with Crippen molar-refractivity contribution < 1.29 is 4.79 Å². The summed E-state index contributed by atoms with van der Waals surface area (Å²) < 4.78 is 0. The lowest BCUT2D eigenvalue weighted by Gasteiger charge is -1.96. The highest BCUT2D eigenvalue weighted by Crippen LogP contribution is 2.19. The van der Waals surface area contributed by atoms with E-state index in [0.717, 1.165) is 11.1 Å². The number of hydrogen-bond acceptors (Lipinski definition) is 2. The Labute approximate surface area is 112 Å². The Balaban J connectivity index is 2.11. The van der Waals surface area contributed by atoms with Crippen molar-refractivity contribution in [2.75, 3.05) is 0 Å². The molecule has 0 saturated carbocycles. The number of nitrogens with zero attached hydrogens (tertiary/aromatic N) is 1. The number of isocyanates is 1. The van der Waals surface area contributed by atoms with Crippen LogP contribution in [-0.2, 0) is 4.79 Å². The molecule has 0 aliphatic carbocycles. The molecular weight excluding hydrogens is 234 g/mol. The summed E-state index contributed by atoms with van der Waals surface area (Å²) in [5, 5.41) is 0. The van der Waals surface area contributed by atoms with Crippen molar-refractivity contribution in [2.24, 2.45) is 4.99 Å². The Hall–Kier alpha value is -2.70. The van der Waals surface area contributed by atoms with E-state index in [1.165, 1.54) is 0 Å². The molecule has 0 unspecified atom stereocenters. The van der Waals surface area contributed by atoms with Crippen molar-refractivity contribution in [3.63, 3.8) is 0 Å². The van der Waals surface area contributed by atoms with Gasteiger partial charge in [-0.2, -0.15) is 4.99 Å². The van der Waals surface area contributed by atoms with Gasteiger partial charge in [0.05, 0.1) is 5.69 Å². The summed E-state index contributed by atoms with van der Waals surface area (Å²) >= 11 is 0. The fourth-order valence-corrected chi connectivity index (χ4v) is 1.67. The van der Waals surface area contributed by atoms with E-state index in [1.807, 2.05) is 72.8 Å². The lowest BCUT2D eigenvalue weighted by Crippen LogP contribution is -1.72. The number of carbonyl (C=O) groups excluding carboxylic acids is 1. The average molecular weight is 247 g/mol. The molecule has 2 aromatic rings. The molecule has 0 fully saturated rings. The first-order chi connectivity index (χ1) is 9.40. The molecule has 0 amide bonds. The molecule has 19 heavy (non-hydrogen) atoms. The molecule has 0 heterocycles. The fraction of sp³-hybridized carbons (Fsp3) is 0. The van der Waals surface area contributed by atoms with Crippen molar-refractivity contribution in [2.45, 2.75) is 0 Å². The van der Waals surface area contributed by atoms with Crippen LogP contribution >= 0.6 is 0 Å². The van der Waals surface area contributed by atoms with Gasteiger partial charge in [-0.15, -0.1) is 0 Å². The third-order valence-corrected chi connectivity index (χ3v) is 2.58. The summed E-state index contributed by atoms with van der Waals surface area (Å²) in [6.07, 6.45) is 9.37. The van der Waals surface area contributed by atoms with Gasteiger partial charge in [-0.1, -0.05) is 72.8 Å². The second-order valence-electron chi connectivity index (χ2n) is 3.89. The monoisotopic (exact) mass is 247 g/mol. The summed E-state index contributed by atoms with van der Waals surface area (Å²) in [7, 11) is 0. The molecular formula is C17H13NO. The van der Waals surface area contributed by atoms with Crippen LogP contribution in [0.1, 0.15) is 11.1 Å². The molecule has 0 aromatic heterocycles. The van der Waals surface area contributed by atoms with E-state index in [9.17, 15) is 4.79 Å². The molecule has 0 N–H and O–H groups in total. The highest BCUT2D eigenvalue weighted by molar-refractivity contribution is 5.67. The van der Waals surface area contributed by atoms with Crippen LogP contribution in [0.2, 0.25) is 0 Å². The maximum Gasteiger partial charge on any atom is 0.240 e. The minimum atomic E-state index is 0.627. The van der Waals surface area contributed by atoms with Crippen LogP contribution in [0.15, 0.2) is 71.7 Å². The second kappa shape index (κ2) is 6.90. The smallest absolute Gasteiger partial charge is 0.211 e. The van der Waals surface area contributed by atoms with E-state index in [0.29, 0.717) is 5.69 Å². The van der Waals surface area contributed by atoms with E-state index < -0.39 is 0 Å². The predicted molar refractivity (Wildman–Crippen MR) is 78.7 cm³/mol. The van der Waals surface area contributed by atoms with Crippen molar-refractivity contribution in [1.29, 1.82) is 0 Å². The molecule has 0 aliphatic heterocycles. The van der Waals surface area contributed by atoms with Gasteiger partial charge in [-0.05, 0) is 11.6 Å². The van der Waals surface area contributed by atoms with Crippen LogP contribution in [0.3, 0.4) is 0 Å². The van der Waals surface area contributed by atoms with Crippen LogP contribution < -0.4 is 0 Å². The van der Waals surface area contributed by atoms with Crippen LogP contribution in [0.5, 0.6) is 0 Å². The van der Waals surface area contributed by atoms with Crippen molar-refractivity contribution in [3.05, 3.63) is 77.9 Å². The molecule has 2 nitrogen and oxygen atoms in total. The zero-order valence-electron chi connectivity index (χ0n) is 10.4. The molecule has 0 aliphatic rings. The average Bonchev–Trinajstić information content (AvgIpc) is 2.47. The molecule has 0 radical (unpaired) electrons. The molecule has 2 heteroatoms. The molecule has 92 valence electrons. The topological polar surface area (TPSA) is 29.4 Å². The van der Waals surface area contributed by atoms with Crippen LogP contribution in [0.4, 0.5) is 5.69 Å². The second-order valence-corrected chi connectivity index (χ2v) is 3.89. The van der Waals surface area contributed by atoms with E-state index >= 15 is 0 Å². The Morgan fingerprint density at radius 3 is 2.32 bits per heavy atom. The Bertz CT molecular complexity index is 635. The van der Waals surface area contributed by atoms with Crippen molar-refractivity contribution in [1.82, 2.24) is 0 Å². The Kier molecular flexibility index (Phi) is 4.63. The third kappa shape index (κ3) is 3.91. The molecule has 0 bridgehead atoms. The summed E-state index contributed by atoms with van der Waals surface area (Å²) in [6.45, 7) is 0. The van der Waals surface area contributed by atoms with Crippen LogP contribution in [-0.4, -0.2) is 6.08 Å². The summed E-state index contributed by atoms with van der Waals surface area (Å²) in [6, 6.07) is 17.5. The van der Waals surface area contributed by atoms with Gasteiger partial charge in [-0.3, -0.25) is 0 Å². The number of allylic oxidation sites excluding steroid dienone is 2. The van der Waals surface area contributed by atoms with Gasteiger partial charge >= 0.3 is 0 Å². The maximum absolute atomic E-state index is 10.3. The van der Waals surface area contributed by atoms with Gasteiger partial charge in [0.1, 0.15) is 0 Å². The largest absolute Gasteiger partial charge is 0.240 e. The van der Waals surface area contributed by atoms with Gasteiger partial charge in [0.2, 0.25) is 6.08 Å². The first-order valence-electron chi connectivity index (χ1n) is 5.97. The lowest BCUT2D eigenvalue weighted by molar-refractivity contribution is 0.565. The third-order valence-electron chi connectivity index (χ3n) is 2.58. The minimum absolute atomic E-state index is 0.627. The van der Waals surface area contributed by atoms with Gasteiger partial charge in [0, 0.05) is 5.56 Å². The number of benzene rings is 2. The van der Waals surface area contributed by atoms with Crippen molar-refractivity contribution >= 4 is 23.9 Å². The summed E-state index contributed by atoms with van der Waals surface area (Å²) in [5.41, 5.74) is 2.66. The van der Waals surface area contributed by atoms with Gasteiger partial charge in [0.15, 0.2) is 0 Å². The number of rotatable bonds is 4. The number of aliphatic imine (C=N–C) groups is 1. The van der Waals surface area contributed by atoms with E-state index in [-0.39, 0.29) is 0 Å². The quantitative estimate of drug-likeness (QED) is 0.448. The molecule has 2 rings (SSSR count). The summed E-state index contributed by atoms with van der Waals surface area (Å²) in [4.78, 5) is 14.0. The normalized spacial score (nSPS) is 10.7. The van der Waals surface area contributed by atoms with E-state index in [2.05, 4.69) is 4.99 Å². The SMILES string of the molecule is O=C=Nc1ccccc1C=CC=Cc1ccccc1. The number of para-hydroxylation sites is 1. The number of hydrogen-bond donors (Lipinski definition) is 0. The van der Waals surface area contributed by atoms with E-state index in [4.69, 9.17) is 0 Å². The lowest BCUT2D eigenvalue weighted by atomic mass is 10.1. The minimum Gasteiger partial charge on any atom is -0.211 e. The summed E-state index contributed by atoms with van der Waals surface area (Å²) in [5.74, 6) is 0. The van der Waals surface area contributed by atoms with Crippen LogP contribution in [0.25, 0.3) is 12.2 Å². The molecule has 2 aromatic carbocycles. The highest BCUT2D eigenvalue weighted by atomic mass is 16.1.